The molecule has 0 aliphatic heterocycles. The van der Waals surface area contributed by atoms with Crippen LogP contribution < -0.4 is 14.6 Å². The summed E-state index contributed by atoms with van der Waals surface area (Å²) in [6, 6.07) is 24.6. The van der Waals surface area contributed by atoms with E-state index in [0.717, 1.165) is 22.4 Å². The van der Waals surface area contributed by atoms with Crippen molar-refractivity contribution in [3.05, 3.63) is 95.6 Å². The van der Waals surface area contributed by atoms with E-state index in [2.05, 4.69) is 10.4 Å². The van der Waals surface area contributed by atoms with Crippen molar-refractivity contribution in [1.82, 2.24) is 10.1 Å². The molecule has 0 aromatic heterocycles. The van der Waals surface area contributed by atoms with Crippen LogP contribution in [-0.4, -0.2) is 39.4 Å². The number of hydrogen-bond donors (Lipinski definition) is 1. The van der Waals surface area contributed by atoms with Gasteiger partial charge >= 0.3 is 7.60 Å². The normalized spacial score (nSPS) is 13.3. The first-order valence-corrected chi connectivity index (χ1v) is 15.2. The number of hydrogen-bond acceptors (Lipinski definition) is 8. The minimum atomic E-state index is -3.45. The monoisotopic (exact) mass is 547 g/mol. The zero-order valence-electron chi connectivity index (χ0n) is 20.7. The number of rotatable bonds is 13. The summed E-state index contributed by atoms with van der Waals surface area (Å²) in [7, 11) is 0.879. The van der Waals surface area contributed by atoms with Gasteiger partial charge in [-0.1, -0.05) is 42.5 Å². The highest BCUT2D eigenvalue weighted by Crippen LogP contribution is 2.58. The fourth-order valence-corrected chi connectivity index (χ4v) is 5.76. The molecule has 0 amide bonds. The van der Waals surface area contributed by atoms with Gasteiger partial charge < -0.3 is 18.3 Å². The van der Waals surface area contributed by atoms with Crippen molar-refractivity contribution in [2.75, 3.05) is 28.4 Å². The first-order valence-electron chi connectivity index (χ1n) is 11.1. The van der Waals surface area contributed by atoms with E-state index in [1.807, 2.05) is 66.7 Å². The molecule has 0 radical (unpaired) electrons. The Bertz CT molecular complexity index is 1190. The third-order valence-electron chi connectivity index (χ3n) is 5.33. The van der Waals surface area contributed by atoms with E-state index in [1.54, 1.807) is 37.3 Å². The average molecular weight is 548 g/mol. The zero-order valence-corrected chi connectivity index (χ0v) is 23.4. The molecule has 36 heavy (non-hydrogen) atoms. The van der Waals surface area contributed by atoms with Crippen LogP contribution in [0.25, 0.3) is 0 Å². The SMILES string of the molecule is COc1ccc(/C=N/N(C)[PH](=S)Oc2ccc(C(NCc3ccccc3)P(=O)(OC)OC)cc2)cc1. The summed E-state index contributed by atoms with van der Waals surface area (Å²) >= 11 is 5.55. The van der Waals surface area contributed by atoms with Crippen molar-refractivity contribution in [2.24, 2.45) is 5.10 Å². The van der Waals surface area contributed by atoms with Crippen molar-refractivity contribution >= 4 is 32.7 Å². The Morgan fingerprint density at radius 3 is 2.17 bits per heavy atom. The number of hydrazone groups is 1. The molecule has 1 N–H and O–H groups in total. The topological polar surface area (TPSA) is 81.6 Å². The molecule has 11 heteroatoms. The predicted molar refractivity (Wildman–Crippen MR) is 149 cm³/mol. The molecule has 0 heterocycles. The lowest BCUT2D eigenvalue weighted by Gasteiger charge is -2.26. The van der Waals surface area contributed by atoms with Crippen LogP contribution in [0.3, 0.4) is 0 Å². The summed E-state index contributed by atoms with van der Waals surface area (Å²) in [6.45, 7) is 0.497. The molecule has 0 bridgehead atoms. The quantitative estimate of drug-likeness (QED) is 0.163. The van der Waals surface area contributed by atoms with E-state index >= 15 is 0 Å². The highest BCUT2D eigenvalue weighted by molar-refractivity contribution is 8.02. The molecule has 192 valence electrons. The second-order valence-corrected chi connectivity index (χ2v) is 12.4. The molecule has 2 unspecified atom stereocenters. The van der Waals surface area contributed by atoms with Crippen molar-refractivity contribution in [3.63, 3.8) is 0 Å². The lowest BCUT2D eigenvalue weighted by molar-refractivity contribution is 0.259. The van der Waals surface area contributed by atoms with E-state index in [-0.39, 0.29) is 0 Å². The van der Waals surface area contributed by atoms with Gasteiger partial charge in [0.05, 0.1) is 13.3 Å². The van der Waals surface area contributed by atoms with E-state index in [9.17, 15) is 4.57 Å². The summed E-state index contributed by atoms with van der Waals surface area (Å²) in [6.07, 6.45) is 1.72. The van der Waals surface area contributed by atoms with Crippen LogP contribution in [0, 0.1) is 0 Å². The first kappa shape index (κ1) is 28.1. The number of methoxy groups -OCH3 is 1. The average Bonchev–Trinajstić information content (AvgIpc) is 2.93. The van der Waals surface area contributed by atoms with E-state index < -0.39 is 20.5 Å². The van der Waals surface area contributed by atoms with Gasteiger partial charge in [0.1, 0.15) is 17.3 Å². The Morgan fingerprint density at radius 1 is 0.972 bits per heavy atom. The summed E-state index contributed by atoms with van der Waals surface area (Å²) < 4.78 is 36.6. The molecule has 0 aliphatic carbocycles. The molecule has 3 aromatic carbocycles. The fraction of sp³-hybridized carbons (Fsp3) is 0.240. The molecular weight excluding hydrogens is 516 g/mol. The molecule has 3 aromatic rings. The molecule has 0 saturated heterocycles. The van der Waals surface area contributed by atoms with Crippen LogP contribution in [0.4, 0.5) is 0 Å². The van der Waals surface area contributed by atoms with Crippen LogP contribution in [0.2, 0.25) is 0 Å². The van der Waals surface area contributed by atoms with Gasteiger partial charge in [0.15, 0.2) is 0 Å². The summed E-state index contributed by atoms with van der Waals surface area (Å²) in [4.78, 5) is 0. The third-order valence-corrected chi connectivity index (χ3v) is 9.56. The maximum Gasteiger partial charge on any atom is 0.351 e. The highest BCUT2D eigenvalue weighted by atomic mass is 32.4. The van der Waals surface area contributed by atoms with Crippen molar-refractivity contribution < 1.29 is 22.9 Å². The molecular formula is C25H31N3O5P2S. The van der Waals surface area contributed by atoms with Gasteiger partial charge in [0.25, 0.3) is 0 Å². The molecule has 3 rings (SSSR count). The largest absolute Gasteiger partial charge is 0.497 e. The molecule has 2 atom stereocenters. The lowest BCUT2D eigenvalue weighted by Crippen LogP contribution is -2.22. The van der Waals surface area contributed by atoms with Crippen molar-refractivity contribution in [2.45, 2.75) is 12.3 Å². The minimum Gasteiger partial charge on any atom is -0.497 e. The first-order chi connectivity index (χ1) is 17.4. The van der Waals surface area contributed by atoms with Gasteiger partial charge in [-0.25, -0.2) is 4.78 Å². The molecule has 0 fully saturated rings. The van der Waals surface area contributed by atoms with Crippen LogP contribution in [0.1, 0.15) is 22.5 Å². The minimum absolute atomic E-state index is 0.497. The maximum absolute atomic E-state index is 13.3. The summed E-state index contributed by atoms with van der Waals surface area (Å²) in [5, 5.41) is 7.71. The van der Waals surface area contributed by atoms with Gasteiger partial charge in [-0.15, -0.1) is 0 Å². The predicted octanol–water partition coefficient (Wildman–Crippen LogP) is 5.82. The van der Waals surface area contributed by atoms with E-state index in [1.165, 1.54) is 14.2 Å². The van der Waals surface area contributed by atoms with Gasteiger partial charge in [0, 0.05) is 27.8 Å². The Kier molecular flexibility index (Phi) is 10.7. The third kappa shape index (κ3) is 7.74. The second-order valence-electron chi connectivity index (χ2n) is 7.65. The van der Waals surface area contributed by atoms with E-state index in [4.69, 9.17) is 30.1 Å². The number of nitrogens with zero attached hydrogens (tertiary/aromatic N) is 2. The van der Waals surface area contributed by atoms with Gasteiger partial charge in [-0.05, 0) is 64.9 Å². The van der Waals surface area contributed by atoms with Crippen LogP contribution in [-0.2, 0) is 32.0 Å². The van der Waals surface area contributed by atoms with Crippen molar-refractivity contribution in [3.8, 4) is 11.5 Å². The molecule has 0 spiro atoms. The van der Waals surface area contributed by atoms with Crippen molar-refractivity contribution in [1.29, 1.82) is 0 Å². The number of ether oxygens (including phenoxy) is 1. The molecule has 0 aliphatic rings. The number of nitrogens with one attached hydrogen (secondary N) is 1. The smallest absolute Gasteiger partial charge is 0.351 e. The van der Waals surface area contributed by atoms with Gasteiger partial charge in [0.2, 0.25) is 7.07 Å². The number of benzene rings is 3. The van der Waals surface area contributed by atoms with Crippen LogP contribution in [0.15, 0.2) is 84.0 Å². The zero-order chi connectivity index (χ0) is 26.0. The second kappa shape index (κ2) is 13.7. The molecule has 0 saturated carbocycles. The van der Waals surface area contributed by atoms with Crippen LogP contribution >= 0.6 is 14.7 Å². The Hall–Kier alpha value is -2.51. The van der Waals surface area contributed by atoms with E-state index in [0.29, 0.717) is 12.3 Å². The summed E-state index contributed by atoms with van der Waals surface area (Å²) in [5.74, 6) is 0.720. The lowest BCUT2D eigenvalue weighted by atomic mass is 10.2. The fourth-order valence-electron chi connectivity index (χ4n) is 3.28. The van der Waals surface area contributed by atoms with Crippen LogP contribution in [0.5, 0.6) is 11.5 Å². The Morgan fingerprint density at radius 2 is 1.58 bits per heavy atom. The maximum atomic E-state index is 13.3. The highest BCUT2D eigenvalue weighted by Gasteiger charge is 2.35. The van der Waals surface area contributed by atoms with Gasteiger partial charge in [-0.3, -0.25) is 9.88 Å². The standard InChI is InChI=1S/C25H31N3O5P2S/c1-28(27-19-21-10-14-23(30-2)15-11-21)34(36)33-24-16-12-22(13-17-24)25(35(29,31-3)32-4)26-18-20-8-6-5-7-9-20/h5-17,19,25-26,34H,18H2,1-4H3/b27-19+. The Labute approximate surface area is 218 Å². The van der Waals surface area contributed by atoms with Gasteiger partial charge in [-0.2, -0.15) is 5.10 Å². The molecule has 8 nitrogen and oxygen atoms in total. The summed E-state index contributed by atoms with van der Waals surface area (Å²) in [5.41, 5.74) is 2.72. The Balaban J connectivity index is 1.67.